The third-order valence-corrected chi connectivity index (χ3v) is 3.43. The minimum Gasteiger partial charge on any atom is -0.469 e. The third-order valence-electron chi connectivity index (χ3n) is 3.43. The summed E-state index contributed by atoms with van der Waals surface area (Å²) in [6.45, 7) is 7.79. The highest BCUT2D eigenvalue weighted by molar-refractivity contribution is 5.71. The molecule has 3 nitrogen and oxygen atoms in total. The van der Waals surface area contributed by atoms with Crippen LogP contribution in [0.25, 0.3) is 0 Å². The second-order valence-electron chi connectivity index (χ2n) is 4.97. The summed E-state index contributed by atoms with van der Waals surface area (Å²) >= 11 is 0. The van der Waals surface area contributed by atoms with Crippen LogP contribution >= 0.6 is 0 Å². The number of carbonyl (C=O) groups is 1. The number of rotatable bonds is 5. The molecule has 1 saturated heterocycles. The molecule has 2 unspecified atom stereocenters. The van der Waals surface area contributed by atoms with Gasteiger partial charge in [-0.3, -0.25) is 4.79 Å². The largest absolute Gasteiger partial charge is 0.469 e. The molecule has 0 radical (unpaired) electrons. The lowest BCUT2D eigenvalue weighted by molar-refractivity contribution is -0.145. The zero-order valence-electron chi connectivity index (χ0n) is 10.9. The standard InChI is InChI=1S/C13H25NO2/c1-4-7-14-8-5-6-12(10-14)9-11(2)13(15)16-3/h11-12H,4-10H2,1-3H3. The SMILES string of the molecule is CCCN1CCCC(CC(C)C(=O)OC)C1. The van der Waals surface area contributed by atoms with E-state index in [1.807, 2.05) is 6.92 Å². The normalized spacial score (nSPS) is 24.1. The zero-order chi connectivity index (χ0) is 12.0. The van der Waals surface area contributed by atoms with Gasteiger partial charge in [-0.25, -0.2) is 0 Å². The Morgan fingerprint density at radius 2 is 2.31 bits per heavy atom. The lowest BCUT2D eigenvalue weighted by atomic mass is 9.89. The number of carbonyl (C=O) groups excluding carboxylic acids is 1. The second-order valence-corrected chi connectivity index (χ2v) is 4.97. The van der Waals surface area contributed by atoms with Gasteiger partial charge in [0.1, 0.15) is 0 Å². The summed E-state index contributed by atoms with van der Waals surface area (Å²) in [4.78, 5) is 13.9. The summed E-state index contributed by atoms with van der Waals surface area (Å²) in [7, 11) is 1.48. The van der Waals surface area contributed by atoms with Crippen LogP contribution < -0.4 is 0 Å². The molecule has 1 rings (SSSR count). The molecule has 1 fully saturated rings. The van der Waals surface area contributed by atoms with E-state index in [0.717, 1.165) is 13.0 Å². The van der Waals surface area contributed by atoms with Crippen molar-refractivity contribution >= 4 is 5.97 Å². The summed E-state index contributed by atoms with van der Waals surface area (Å²) < 4.78 is 4.78. The summed E-state index contributed by atoms with van der Waals surface area (Å²) in [5.41, 5.74) is 0. The highest BCUT2D eigenvalue weighted by Gasteiger charge is 2.24. The number of likely N-dealkylation sites (tertiary alicyclic amines) is 1. The van der Waals surface area contributed by atoms with Crippen molar-refractivity contribution in [3.05, 3.63) is 0 Å². The molecule has 3 heteroatoms. The van der Waals surface area contributed by atoms with Gasteiger partial charge >= 0.3 is 5.97 Å². The van der Waals surface area contributed by atoms with E-state index < -0.39 is 0 Å². The summed E-state index contributed by atoms with van der Waals surface area (Å²) in [6, 6.07) is 0. The lowest BCUT2D eigenvalue weighted by Crippen LogP contribution is -2.37. The van der Waals surface area contributed by atoms with Crippen molar-refractivity contribution in [2.24, 2.45) is 11.8 Å². The highest BCUT2D eigenvalue weighted by Crippen LogP contribution is 2.23. The molecule has 0 aliphatic carbocycles. The van der Waals surface area contributed by atoms with E-state index >= 15 is 0 Å². The Labute approximate surface area is 99.1 Å². The van der Waals surface area contributed by atoms with Gasteiger partial charge in [-0.1, -0.05) is 13.8 Å². The molecule has 0 amide bonds. The molecule has 0 aromatic rings. The Hall–Kier alpha value is -0.570. The first-order valence-corrected chi connectivity index (χ1v) is 6.47. The zero-order valence-corrected chi connectivity index (χ0v) is 10.9. The Morgan fingerprint density at radius 3 is 2.94 bits per heavy atom. The monoisotopic (exact) mass is 227 g/mol. The van der Waals surface area contributed by atoms with Crippen LogP contribution in [0.15, 0.2) is 0 Å². The van der Waals surface area contributed by atoms with Gasteiger partial charge in [0, 0.05) is 6.54 Å². The van der Waals surface area contributed by atoms with Crippen LogP contribution in [0.3, 0.4) is 0 Å². The topological polar surface area (TPSA) is 29.5 Å². The van der Waals surface area contributed by atoms with E-state index in [4.69, 9.17) is 4.74 Å². The minimum absolute atomic E-state index is 0.0524. The fourth-order valence-electron chi connectivity index (χ4n) is 2.66. The summed E-state index contributed by atoms with van der Waals surface area (Å²) in [5.74, 6) is 0.665. The minimum atomic E-state index is -0.0624. The first-order chi connectivity index (χ1) is 7.67. The van der Waals surface area contributed by atoms with E-state index in [0.29, 0.717) is 5.92 Å². The van der Waals surface area contributed by atoms with Crippen LogP contribution in [0, 0.1) is 11.8 Å². The molecule has 94 valence electrons. The van der Waals surface area contributed by atoms with Crippen LogP contribution in [0.1, 0.15) is 39.5 Å². The van der Waals surface area contributed by atoms with Gasteiger partial charge in [-0.2, -0.15) is 0 Å². The van der Waals surface area contributed by atoms with Crippen LogP contribution in [-0.4, -0.2) is 37.6 Å². The van der Waals surface area contributed by atoms with Crippen molar-refractivity contribution in [2.75, 3.05) is 26.7 Å². The Balaban J connectivity index is 2.33. The molecule has 1 heterocycles. The third kappa shape index (κ3) is 4.12. The molecule has 1 aliphatic rings. The molecule has 0 aromatic carbocycles. The number of methoxy groups -OCH3 is 1. The van der Waals surface area contributed by atoms with Crippen molar-refractivity contribution in [3.8, 4) is 0 Å². The molecule has 1 aliphatic heterocycles. The van der Waals surface area contributed by atoms with E-state index in [1.54, 1.807) is 0 Å². The molecule has 2 atom stereocenters. The van der Waals surface area contributed by atoms with Gasteiger partial charge in [-0.05, 0) is 44.7 Å². The van der Waals surface area contributed by atoms with Crippen molar-refractivity contribution in [1.82, 2.24) is 4.90 Å². The van der Waals surface area contributed by atoms with Gasteiger partial charge in [0.15, 0.2) is 0 Å². The van der Waals surface area contributed by atoms with Crippen molar-refractivity contribution < 1.29 is 9.53 Å². The number of hydrogen-bond donors (Lipinski definition) is 0. The number of piperidine rings is 1. The van der Waals surface area contributed by atoms with Gasteiger partial charge in [0.05, 0.1) is 13.0 Å². The maximum absolute atomic E-state index is 11.4. The van der Waals surface area contributed by atoms with Crippen LogP contribution in [-0.2, 0) is 9.53 Å². The molecular formula is C13H25NO2. The number of hydrogen-bond acceptors (Lipinski definition) is 3. The number of ether oxygens (including phenoxy) is 1. The van der Waals surface area contributed by atoms with Gasteiger partial charge in [-0.15, -0.1) is 0 Å². The fourth-order valence-corrected chi connectivity index (χ4v) is 2.66. The maximum atomic E-state index is 11.4. The predicted molar refractivity (Wildman–Crippen MR) is 65.3 cm³/mol. The molecule has 16 heavy (non-hydrogen) atoms. The van der Waals surface area contributed by atoms with Gasteiger partial charge in [0.2, 0.25) is 0 Å². The van der Waals surface area contributed by atoms with Crippen LogP contribution in [0.5, 0.6) is 0 Å². The second kappa shape index (κ2) is 6.89. The van der Waals surface area contributed by atoms with Gasteiger partial charge < -0.3 is 9.64 Å². The first-order valence-electron chi connectivity index (χ1n) is 6.47. The number of nitrogens with zero attached hydrogens (tertiary/aromatic N) is 1. The van der Waals surface area contributed by atoms with Crippen molar-refractivity contribution in [1.29, 1.82) is 0 Å². The molecule has 0 saturated carbocycles. The van der Waals surface area contributed by atoms with E-state index in [-0.39, 0.29) is 11.9 Å². The Kier molecular flexibility index (Phi) is 5.81. The quantitative estimate of drug-likeness (QED) is 0.675. The Morgan fingerprint density at radius 1 is 1.56 bits per heavy atom. The average molecular weight is 227 g/mol. The predicted octanol–water partition coefficient (Wildman–Crippen LogP) is 2.31. The lowest BCUT2D eigenvalue weighted by Gasteiger charge is -2.33. The molecular weight excluding hydrogens is 202 g/mol. The Bertz CT molecular complexity index is 216. The highest BCUT2D eigenvalue weighted by atomic mass is 16.5. The molecule has 0 spiro atoms. The van der Waals surface area contributed by atoms with Crippen LogP contribution in [0.4, 0.5) is 0 Å². The first kappa shape index (κ1) is 13.5. The van der Waals surface area contributed by atoms with E-state index in [2.05, 4.69) is 11.8 Å². The average Bonchev–Trinajstić information content (AvgIpc) is 2.29. The van der Waals surface area contributed by atoms with E-state index in [1.165, 1.54) is 39.5 Å². The van der Waals surface area contributed by atoms with Crippen LogP contribution in [0.2, 0.25) is 0 Å². The van der Waals surface area contributed by atoms with Gasteiger partial charge in [0.25, 0.3) is 0 Å². The van der Waals surface area contributed by atoms with Crippen molar-refractivity contribution in [3.63, 3.8) is 0 Å². The molecule has 0 bridgehead atoms. The fraction of sp³-hybridized carbons (Fsp3) is 0.923. The molecule has 0 N–H and O–H groups in total. The van der Waals surface area contributed by atoms with E-state index in [9.17, 15) is 4.79 Å². The maximum Gasteiger partial charge on any atom is 0.308 e. The molecule has 0 aromatic heterocycles. The van der Waals surface area contributed by atoms with Crippen molar-refractivity contribution in [2.45, 2.75) is 39.5 Å². The summed E-state index contributed by atoms with van der Waals surface area (Å²) in [5, 5.41) is 0. The summed E-state index contributed by atoms with van der Waals surface area (Å²) in [6.07, 6.45) is 4.74. The number of esters is 1. The smallest absolute Gasteiger partial charge is 0.308 e.